The summed E-state index contributed by atoms with van der Waals surface area (Å²) in [5.74, 6) is -2.27. The number of amides is 2. The van der Waals surface area contributed by atoms with Crippen LogP contribution < -0.4 is 10.6 Å². The van der Waals surface area contributed by atoms with Crippen molar-refractivity contribution in [1.82, 2.24) is 15.5 Å². The van der Waals surface area contributed by atoms with Gasteiger partial charge >= 0.3 is 12.0 Å². The van der Waals surface area contributed by atoms with Crippen LogP contribution in [0.2, 0.25) is 0 Å². The number of nitrogens with one attached hydrogen (secondary N) is 3. The molecule has 0 saturated heterocycles. The first-order valence-corrected chi connectivity index (χ1v) is 5.61. The van der Waals surface area contributed by atoms with Gasteiger partial charge in [-0.1, -0.05) is 0 Å². The van der Waals surface area contributed by atoms with E-state index in [1.807, 2.05) is 0 Å². The molecule has 2 aromatic rings. The van der Waals surface area contributed by atoms with Gasteiger partial charge in [-0.3, -0.25) is 5.10 Å². The van der Waals surface area contributed by atoms with Crippen LogP contribution in [-0.2, 0) is 6.54 Å². The molecule has 0 aliphatic carbocycles. The number of aromatic nitrogens is 2. The average molecular weight is 278 g/mol. The summed E-state index contributed by atoms with van der Waals surface area (Å²) in [6, 6.07) is 2.81. The predicted molar refractivity (Wildman–Crippen MR) is 67.8 cm³/mol. The third-order valence-electron chi connectivity index (χ3n) is 2.47. The van der Waals surface area contributed by atoms with Crippen molar-refractivity contribution in [3.05, 3.63) is 47.5 Å². The van der Waals surface area contributed by atoms with E-state index < -0.39 is 23.4 Å². The summed E-state index contributed by atoms with van der Waals surface area (Å²) in [7, 11) is 0. The molecule has 104 valence electrons. The minimum absolute atomic E-state index is 0.164. The number of H-pyrrole nitrogens is 1. The SMILES string of the molecule is O=C(NCc1cn[nH]c1)Nc1ccc(C(=O)O)c(F)c1. The number of aromatic carboxylic acids is 1. The van der Waals surface area contributed by atoms with Crippen LogP contribution in [0.4, 0.5) is 14.9 Å². The number of carbonyl (C=O) groups is 2. The number of anilines is 1. The molecule has 0 fully saturated rings. The Bertz CT molecular complexity index is 628. The summed E-state index contributed by atoms with van der Waals surface area (Å²) >= 11 is 0. The van der Waals surface area contributed by atoms with E-state index in [2.05, 4.69) is 20.8 Å². The van der Waals surface area contributed by atoms with Crippen molar-refractivity contribution in [2.45, 2.75) is 6.54 Å². The minimum Gasteiger partial charge on any atom is -0.478 e. The van der Waals surface area contributed by atoms with Gasteiger partial charge in [0.15, 0.2) is 0 Å². The third-order valence-corrected chi connectivity index (χ3v) is 2.47. The second-order valence-electron chi connectivity index (χ2n) is 3.91. The molecule has 0 aliphatic rings. The topological polar surface area (TPSA) is 107 Å². The maximum Gasteiger partial charge on any atom is 0.338 e. The van der Waals surface area contributed by atoms with Gasteiger partial charge in [-0.2, -0.15) is 5.10 Å². The molecule has 20 heavy (non-hydrogen) atoms. The molecule has 4 N–H and O–H groups in total. The summed E-state index contributed by atoms with van der Waals surface area (Å²) in [5, 5.41) is 19.9. The van der Waals surface area contributed by atoms with Crippen molar-refractivity contribution in [3.63, 3.8) is 0 Å². The number of carboxylic acids is 1. The molecule has 0 saturated carbocycles. The van der Waals surface area contributed by atoms with Crippen molar-refractivity contribution in [1.29, 1.82) is 0 Å². The third kappa shape index (κ3) is 3.31. The Morgan fingerprint density at radius 2 is 2.20 bits per heavy atom. The number of rotatable bonds is 4. The molecule has 0 radical (unpaired) electrons. The van der Waals surface area contributed by atoms with Crippen LogP contribution in [0.3, 0.4) is 0 Å². The zero-order valence-corrected chi connectivity index (χ0v) is 10.2. The van der Waals surface area contributed by atoms with Gasteiger partial charge < -0.3 is 15.7 Å². The van der Waals surface area contributed by atoms with Crippen LogP contribution in [-0.4, -0.2) is 27.3 Å². The molecule has 0 atom stereocenters. The van der Waals surface area contributed by atoms with Crippen molar-refractivity contribution >= 4 is 17.7 Å². The maximum absolute atomic E-state index is 13.4. The van der Waals surface area contributed by atoms with Gasteiger partial charge in [0.1, 0.15) is 5.82 Å². The molecule has 0 unspecified atom stereocenters. The number of carboxylic acid groups (broad SMARTS) is 1. The zero-order chi connectivity index (χ0) is 14.5. The van der Waals surface area contributed by atoms with Crippen molar-refractivity contribution in [2.75, 3.05) is 5.32 Å². The Kier molecular flexibility index (Phi) is 3.94. The Morgan fingerprint density at radius 3 is 2.80 bits per heavy atom. The van der Waals surface area contributed by atoms with E-state index in [-0.39, 0.29) is 12.2 Å². The Balaban J connectivity index is 1.94. The largest absolute Gasteiger partial charge is 0.478 e. The fourth-order valence-electron chi connectivity index (χ4n) is 1.50. The molecule has 0 bridgehead atoms. The molecule has 2 rings (SSSR count). The first kappa shape index (κ1) is 13.5. The molecule has 0 spiro atoms. The Hall–Kier alpha value is -2.90. The van der Waals surface area contributed by atoms with Gasteiger partial charge in [-0.15, -0.1) is 0 Å². The lowest BCUT2D eigenvalue weighted by Gasteiger charge is -2.07. The molecule has 0 aliphatic heterocycles. The number of hydrogen-bond donors (Lipinski definition) is 4. The summed E-state index contributed by atoms with van der Waals surface area (Å²) in [6.45, 7) is 0.262. The lowest BCUT2D eigenvalue weighted by atomic mass is 10.2. The number of halogens is 1. The normalized spacial score (nSPS) is 10.1. The first-order valence-electron chi connectivity index (χ1n) is 5.61. The van der Waals surface area contributed by atoms with Crippen LogP contribution in [0.5, 0.6) is 0 Å². The Morgan fingerprint density at radius 1 is 1.40 bits per heavy atom. The number of benzene rings is 1. The van der Waals surface area contributed by atoms with E-state index in [1.54, 1.807) is 12.4 Å². The molecule has 2 amide bonds. The molecule has 8 heteroatoms. The fourth-order valence-corrected chi connectivity index (χ4v) is 1.50. The number of aromatic amines is 1. The van der Waals surface area contributed by atoms with Crippen molar-refractivity contribution < 1.29 is 19.1 Å². The second kappa shape index (κ2) is 5.83. The van der Waals surface area contributed by atoms with Crippen LogP contribution >= 0.6 is 0 Å². The number of urea groups is 1. The van der Waals surface area contributed by atoms with E-state index in [0.717, 1.165) is 17.7 Å². The summed E-state index contributed by atoms with van der Waals surface area (Å²) in [5.41, 5.74) is 0.499. The van der Waals surface area contributed by atoms with E-state index in [0.29, 0.717) is 0 Å². The van der Waals surface area contributed by atoms with Crippen LogP contribution in [0.25, 0.3) is 0 Å². The highest BCUT2D eigenvalue weighted by atomic mass is 19.1. The zero-order valence-electron chi connectivity index (χ0n) is 10.2. The highest BCUT2D eigenvalue weighted by Crippen LogP contribution is 2.14. The van der Waals surface area contributed by atoms with Gasteiger partial charge in [0.25, 0.3) is 0 Å². The standard InChI is InChI=1S/C12H11FN4O3/c13-10-3-8(1-2-9(10)11(18)19)17-12(20)14-4-7-5-15-16-6-7/h1-3,5-6H,4H2,(H,15,16)(H,18,19)(H2,14,17,20). The lowest BCUT2D eigenvalue weighted by molar-refractivity contribution is 0.0692. The lowest BCUT2D eigenvalue weighted by Crippen LogP contribution is -2.28. The molecule has 1 aromatic heterocycles. The van der Waals surface area contributed by atoms with E-state index >= 15 is 0 Å². The molecular weight excluding hydrogens is 267 g/mol. The van der Waals surface area contributed by atoms with Gasteiger partial charge in [0.2, 0.25) is 0 Å². The smallest absolute Gasteiger partial charge is 0.338 e. The maximum atomic E-state index is 13.4. The number of carbonyl (C=O) groups excluding carboxylic acids is 1. The minimum atomic E-state index is -1.36. The highest BCUT2D eigenvalue weighted by molar-refractivity contribution is 5.91. The van der Waals surface area contributed by atoms with Crippen LogP contribution in [0.15, 0.2) is 30.6 Å². The van der Waals surface area contributed by atoms with Gasteiger partial charge in [-0.25, -0.2) is 14.0 Å². The molecule has 1 aromatic carbocycles. The molecule has 7 nitrogen and oxygen atoms in total. The quantitative estimate of drug-likeness (QED) is 0.680. The van der Waals surface area contributed by atoms with E-state index in [4.69, 9.17) is 5.11 Å². The Labute approximate surface area is 112 Å². The predicted octanol–water partition coefficient (Wildman–Crippen LogP) is 1.57. The highest BCUT2D eigenvalue weighted by Gasteiger charge is 2.11. The molecule has 1 heterocycles. The summed E-state index contributed by atoms with van der Waals surface area (Å²) in [4.78, 5) is 22.2. The van der Waals surface area contributed by atoms with Crippen LogP contribution in [0, 0.1) is 5.82 Å². The average Bonchev–Trinajstić information content (AvgIpc) is 2.89. The van der Waals surface area contributed by atoms with Gasteiger partial charge in [0.05, 0.1) is 11.8 Å². The van der Waals surface area contributed by atoms with E-state index in [9.17, 15) is 14.0 Å². The summed E-state index contributed by atoms with van der Waals surface area (Å²) in [6.07, 6.45) is 3.18. The second-order valence-corrected chi connectivity index (χ2v) is 3.91. The van der Waals surface area contributed by atoms with Crippen LogP contribution in [0.1, 0.15) is 15.9 Å². The summed E-state index contributed by atoms with van der Waals surface area (Å²) < 4.78 is 13.4. The monoisotopic (exact) mass is 278 g/mol. The van der Waals surface area contributed by atoms with Crippen molar-refractivity contribution in [2.24, 2.45) is 0 Å². The van der Waals surface area contributed by atoms with Crippen molar-refractivity contribution in [3.8, 4) is 0 Å². The number of nitrogens with zero attached hydrogens (tertiary/aromatic N) is 1. The molecular formula is C12H11FN4O3. The first-order chi connectivity index (χ1) is 9.56. The van der Waals surface area contributed by atoms with Gasteiger partial charge in [-0.05, 0) is 18.2 Å². The van der Waals surface area contributed by atoms with E-state index in [1.165, 1.54) is 6.07 Å². The van der Waals surface area contributed by atoms with Gasteiger partial charge in [0, 0.05) is 24.0 Å². The number of hydrogen-bond acceptors (Lipinski definition) is 3. The fraction of sp³-hybridized carbons (Fsp3) is 0.0833.